The minimum atomic E-state index is -4.80. The highest BCUT2D eigenvalue weighted by atomic mass is 19.4. The van der Waals surface area contributed by atoms with Gasteiger partial charge in [-0.15, -0.1) is 0 Å². The zero-order valence-corrected chi connectivity index (χ0v) is 17.0. The fourth-order valence-electron chi connectivity index (χ4n) is 3.06. The number of carbonyl (C=O) groups excluding carboxylic acids is 1. The Bertz CT molecular complexity index is 1270. The summed E-state index contributed by atoms with van der Waals surface area (Å²) in [6.07, 6.45) is -2.62. The molecule has 9 heteroatoms. The average Bonchev–Trinajstić information content (AvgIpc) is 3.27. The Morgan fingerprint density at radius 2 is 1.61 bits per heavy atom. The number of amides is 1. The zero-order chi connectivity index (χ0) is 23.3. The molecule has 3 aromatic carbocycles. The molecule has 4 rings (SSSR count). The first-order valence-corrected chi connectivity index (χ1v) is 9.79. The van der Waals surface area contributed by atoms with Crippen LogP contribution in [0.15, 0.2) is 96.2 Å². The van der Waals surface area contributed by atoms with Crippen molar-refractivity contribution in [2.75, 3.05) is 0 Å². The molecule has 1 amide bonds. The molecule has 0 radical (unpaired) electrons. The summed E-state index contributed by atoms with van der Waals surface area (Å²) in [6, 6.07) is 23.8. The third-order valence-corrected chi connectivity index (χ3v) is 4.50. The number of rotatable bonds is 6. The molecule has 0 atom stereocenters. The Labute approximate surface area is 186 Å². The van der Waals surface area contributed by atoms with Crippen LogP contribution in [0, 0.1) is 0 Å². The molecule has 166 valence electrons. The van der Waals surface area contributed by atoms with E-state index in [-0.39, 0.29) is 5.69 Å². The maximum absolute atomic E-state index is 13.7. The van der Waals surface area contributed by atoms with E-state index >= 15 is 0 Å². The first-order chi connectivity index (χ1) is 15.9. The molecule has 1 heterocycles. The van der Waals surface area contributed by atoms with Gasteiger partial charge in [0, 0.05) is 0 Å². The molecule has 0 fully saturated rings. The molecule has 33 heavy (non-hydrogen) atoms. The molecule has 0 aliphatic rings. The molecular formula is C24H17F3N4O2. The van der Waals surface area contributed by atoms with E-state index in [0.717, 1.165) is 6.20 Å². The third-order valence-electron chi connectivity index (χ3n) is 4.50. The summed E-state index contributed by atoms with van der Waals surface area (Å²) < 4.78 is 47.5. The Morgan fingerprint density at radius 3 is 2.30 bits per heavy atom. The van der Waals surface area contributed by atoms with Crippen LogP contribution >= 0.6 is 0 Å². The zero-order valence-electron chi connectivity index (χ0n) is 17.0. The minimum Gasteiger partial charge on any atom is -0.457 e. The third kappa shape index (κ3) is 5.27. The summed E-state index contributed by atoms with van der Waals surface area (Å²) in [6.45, 7) is 0. The van der Waals surface area contributed by atoms with Gasteiger partial charge in [0.05, 0.1) is 23.7 Å². The fraction of sp³-hybridized carbons (Fsp3) is 0.0417. The van der Waals surface area contributed by atoms with Crippen LogP contribution in [0.2, 0.25) is 0 Å². The lowest BCUT2D eigenvalue weighted by Crippen LogP contribution is -2.23. The number of benzene rings is 3. The SMILES string of the molecule is O=C(N/N=C/c1cccc(Oc2ccccc2)c1)c1cnn(-c2ccccc2)c1C(F)(F)F. The average molecular weight is 450 g/mol. The van der Waals surface area contributed by atoms with E-state index in [1.54, 1.807) is 54.6 Å². The lowest BCUT2D eigenvalue weighted by atomic mass is 10.2. The fourth-order valence-corrected chi connectivity index (χ4v) is 3.06. The maximum atomic E-state index is 13.7. The predicted molar refractivity (Wildman–Crippen MR) is 117 cm³/mol. The van der Waals surface area contributed by atoms with Gasteiger partial charge in [0.15, 0.2) is 5.69 Å². The van der Waals surface area contributed by atoms with Crippen molar-refractivity contribution in [3.05, 3.63) is 108 Å². The standard InChI is InChI=1S/C24H17F3N4O2/c25-24(26,27)22-21(16-29-31(22)18-9-3-1-4-10-18)23(32)30-28-15-17-8-7-13-20(14-17)33-19-11-5-2-6-12-19/h1-16H,(H,30,32)/b28-15+. The lowest BCUT2D eigenvalue weighted by Gasteiger charge is -2.12. The molecular weight excluding hydrogens is 433 g/mol. The molecule has 6 nitrogen and oxygen atoms in total. The summed E-state index contributed by atoms with van der Waals surface area (Å²) in [7, 11) is 0. The number of carbonyl (C=O) groups is 1. The van der Waals surface area contributed by atoms with Crippen LogP contribution in [0.5, 0.6) is 11.5 Å². The smallest absolute Gasteiger partial charge is 0.434 e. The van der Waals surface area contributed by atoms with Crippen LogP contribution in [0.4, 0.5) is 13.2 Å². The highest BCUT2D eigenvalue weighted by Gasteiger charge is 2.40. The van der Waals surface area contributed by atoms with Gasteiger partial charge in [-0.1, -0.05) is 48.5 Å². The molecule has 0 unspecified atom stereocenters. The Morgan fingerprint density at radius 1 is 0.939 bits per heavy atom. The number of hydrogen-bond donors (Lipinski definition) is 1. The van der Waals surface area contributed by atoms with Crippen molar-refractivity contribution in [2.45, 2.75) is 6.18 Å². The van der Waals surface area contributed by atoms with E-state index in [9.17, 15) is 18.0 Å². The van der Waals surface area contributed by atoms with Gasteiger partial charge in [0.2, 0.25) is 0 Å². The molecule has 0 saturated carbocycles. The number of hydrazone groups is 1. The van der Waals surface area contributed by atoms with Gasteiger partial charge in [-0.2, -0.15) is 23.4 Å². The van der Waals surface area contributed by atoms with Crippen LogP contribution < -0.4 is 10.2 Å². The quantitative estimate of drug-likeness (QED) is 0.314. The van der Waals surface area contributed by atoms with Crippen molar-refractivity contribution >= 4 is 12.1 Å². The monoisotopic (exact) mass is 450 g/mol. The van der Waals surface area contributed by atoms with Crippen LogP contribution in [-0.2, 0) is 6.18 Å². The number of aromatic nitrogens is 2. The van der Waals surface area contributed by atoms with E-state index in [4.69, 9.17) is 4.74 Å². The molecule has 4 aromatic rings. The number of hydrogen-bond acceptors (Lipinski definition) is 4. The molecule has 0 bridgehead atoms. The summed E-state index contributed by atoms with van der Waals surface area (Å²) in [4.78, 5) is 12.5. The first kappa shape index (κ1) is 21.8. The Balaban J connectivity index is 1.50. The molecule has 0 aliphatic heterocycles. The molecule has 1 aromatic heterocycles. The second kappa shape index (κ2) is 9.39. The van der Waals surface area contributed by atoms with Crippen molar-refractivity contribution in [1.82, 2.24) is 15.2 Å². The van der Waals surface area contributed by atoms with Gasteiger partial charge in [-0.05, 0) is 42.0 Å². The van der Waals surface area contributed by atoms with Crippen LogP contribution in [0.3, 0.4) is 0 Å². The number of halogens is 3. The van der Waals surface area contributed by atoms with Gasteiger partial charge >= 0.3 is 6.18 Å². The number of nitrogens with zero attached hydrogens (tertiary/aromatic N) is 3. The highest BCUT2D eigenvalue weighted by molar-refractivity contribution is 5.96. The van der Waals surface area contributed by atoms with Crippen molar-refractivity contribution < 1.29 is 22.7 Å². The van der Waals surface area contributed by atoms with E-state index in [1.165, 1.54) is 18.3 Å². The van der Waals surface area contributed by atoms with Crippen LogP contribution in [-0.4, -0.2) is 21.9 Å². The summed E-state index contributed by atoms with van der Waals surface area (Å²) in [5.74, 6) is 0.160. The van der Waals surface area contributed by atoms with E-state index in [2.05, 4.69) is 15.6 Å². The number of ether oxygens (including phenoxy) is 1. The van der Waals surface area contributed by atoms with Crippen LogP contribution in [0.1, 0.15) is 21.6 Å². The summed E-state index contributed by atoms with van der Waals surface area (Å²) in [5.41, 5.74) is 1.08. The van der Waals surface area contributed by atoms with Gasteiger partial charge in [0.25, 0.3) is 5.91 Å². The van der Waals surface area contributed by atoms with Gasteiger partial charge in [0.1, 0.15) is 11.5 Å². The summed E-state index contributed by atoms with van der Waals surface area (Å²) >= 11 is 0. The second-order valence-corrected chi connectivity index (χ2v) is 6.84. The second-order valence-electron chi connectivity index (χ2n) is 6.84. The largest absolute Gasteiger partial charge is 0.457 e. The van der Waals surface area contributed by atoms with Crippen molar-refractivity contribution in [1.29, 1.82) is 0 Å². The first-order valence-electron chi connectivity index (χ1n) is 9.79. The van der Waals surface area contributed by atoms with Gasteiger partial charge in [-0.25, -0.2) is 10.1 Å². The van der Waals surface area contributed by atoms with Crippen molar-refractivity contribution in [3.8, 4) is 17.2 Å². The van der Waals surface area contributed by atoms with Crippen LogP contribution in [0.25, 0.3) is 5.69 Å². The minimum absolute atomic E-state index is 0.183. The summed E-state index contributed by atoms with van der Waals surface area (Å²) in [5, 5.41) is 7.55. The molecule has 0 saturated heterocycles. The number of para-hydroxylation sites is 2. The Hall–Kier alpha value is -4.40. The molecule has 0 spiro atoms. The number of nitrogens with one attached hydrogen (secondary N) is 1. The van der Waals surface area contributed by atoms with Gasteiger partial charge < -0.3 is 4.74 Å². The molecule has 0 aliphatic carbocycles. The van der Waals surface area contributed by atoms with E-state index in [0.29, 0.717) is 21.7 Å². The maximum Gasteiger partial charge on any atom is 0.434 e. The number of alkyl halides is 3. The normalized spacial score (nSPS) is 11.5. The highest BCUT2D eigenvalue weighted by Crippen LogP contribution is 2.33. The predicted octanol–water partition coefficient (Wildman–Crippen LogP) is 5.45. The topological polar surface area (TPSA) is 68.5 Å². The Kier molecular flexibility index (Phi) is 6.21. The van der Waals surface area contributed by atoms with Crippen molar-refractivity contribution in [2.24, 2.45) is 5.10 Å². The molecule has 1 N–H and O–H groups in total. The van der Waals surface area contributed by atoms with Gasteiger partial charge in [-0.3, -0.25) is 4.79 Å². The van der Waals surface area contributed by atoms with Crippen molar-refractivity contribution in [3.63, 3.8) is 0 Å². The van der Waals surface area contributed by atoms with E-state index in [1.807, 2.05) is 18.2 Å². The van der Waals surface area contributed by atoms with E-state index < -0.39 is 23.3 Å². The lowest BCUT2D eigenvalue weighted by molar-refractivity contribution is -0.143.